The summed E-state index contributed by atoms with van der Waals surface area (Å²) in [7, 11) is 0. The van der Waals surface area contributed by atoms with Gasteiger partial charge in [0.05, 0.1) is 6.10 Å². The summed E-state index contributed by atoms with van der Waals surface area (Å²) in [6.07, 6.45) is 0.875. The molecule has 1 N–H and O–H groups in total. The van der Waals surface area contributed by atoms with Crippen LogP contribution in [0.2, 0.25) is 0 Å². The zero-order chi connectivity index (χ0) is 6.85. The summed E-state index contributed by atoms with van der Waals surface area (Å²) in [4.78, 5) is 0. The highest BCUT2D eigenvalue weighted by Crippen LogP contribution is 2.18. The van der Waals surface area contributed by atoms with Gasteiger partial charge < -0.3 is 5.11 Å². The van der Waals surface area contributed by atoms with E-state index in [0.717, 1.165) is 19.5 Å². The largest absolute Gasteiger partial charge is 0.393 e. The van der Waals surface area contributed by atoms with Crippen LogP contribution in [-0.4, -0.2) is 27.4 Å². The number of rotatable bonds is 0. The van der Waals surface area contributed by atoms with Gasteiger partial charge in [0.15, 0.2) is 0 Å². The van der Waals surface area contributed by atoms with E-state index in [4.69, 9.17) is 0 Å². The van der Waals surface area contributed by atoms with Crippen molar-refractivity contribution in [2.75, 3.05) is 13.1 Å². The maximum atomic E-state index is 9.27. The van der Waals surface area contributed by atoms with Crippen LogP contribution in [0.5, 0.6) is 0 Å². The Kier molecular flexibility index (Phi) is 2.73. The fraction of sp³-hybridized carbons (Fsp3) is 1.00. The third kappa shape index (κ3) is 2.05. The molecular formula is C6H12INO. The average molecular weight is 241 g/mol. The Balaban J connectivity index is 2.35. The van der Waals surface area contributed by atoms with Gasteiger partial charge in [-0.2, -0.15) is 0 Å². The minimum atomic E-state index is -0.0592. The van der Waals surface area contributed by atoms with E-state index >= 15 is 0 Å². The van der Waals surface area contributed by atoms with Crippen LogP contribution in [-0.2, 0) is 0 Å². The predicted molar refractivity (Wildman–Crippen MR) is 45.4 cm³/mol. The van der Waals surface area contributed by atoms with Crippen molar-refractivity contribution in [3.63, 3.8) is 0 Å². The lowest BCUT2D eigenvalue weighted by Gasteiger charge is -2.29. The summed E-state index contributed by atoms with van der Waals surface area (Å²) >= 11 is 2.30. The van der Waals surface area contributed by atoms with Crippen molar-refractivity contribution in [2.45, 2.75) is 19.4 Å². The van der Waals surface area contributed by atoms with Gasteiger partial charge >= 0.3 is 0 Å². The molecule has 1 heterocycles. The SMILES string of the molecule is CC1CN(I)CCC1O. The second-order valence-electron chi connectivity index (χ2n) is 2.70. The van der Waals surface area contributed by atoms with Gasteiger partial charge in [0.2, 0.25) is 0 Å². The van der Waals surface area contributed by atoms with Crippen molar-refractivity contribution in [2.24, 2.45) is 5.92 Å². The molecule has 0 bridgehead atoms. The molecule has 1 rings (SSSR count). The van der Waals surface area contributed by atoms with Crippen LogP contribution < -0.4 is 0 Å². The quantitative estimate of drug-likeness (QED) is 0.506. The second-order valence-corrected chi connectivity index (χ2v) is 4.07. The summed E-state index contributed by atoms with van der Waals surface area (Å²) in [5, 5.41) is 9.27. The molecule has 0 saturated carbocycles. The molecule has 0 aromatic carbocycles. The van der Waals surface area contributed by atoms with Gasteiger partial charge in [-0.25, -0.2) is 3.11 Å². The van der Waals surface area contributed by atoms with Crippen molar-refractivity contribution in [1.29, 1.82) is 0 Å². The molecule has 0 aromatic heterocycles. The molecule has 1 aliphatic heterocycles. The molecule has 1 aliphatic rings. The molecule has 2 unspecified atom stereocenters. The van der Waals surface area contributed by atoms with Crippen molar-refractivity contribution in [3.8, 4) is 0 Å². The van der Waals surface area contributed by atoms with Gasteiger partial charge in [-0.3, -0.25) is 0 Å². The number of piperidine rings is 1. The smallest absolute Gasteiger partial charge is 0.0590 e. The molecule has 2 atom stereocenters. The van der Waals surface area contributed by atoms with Crippen LogP contribution in [0.1, 0.15) is 13.3 Å². The van der Waals surface area contributed by atoms with E-state index in [1.54, 1.807) is 0 Å². The number of aliphatic hydroxyl groups is 1. The van der Waals surface area contributed by atoms with Crippen LogP contribution in [0.3, 0.4) is 0 Å². The fourth-order valence-electron chi connectivity index (χ4n) is 1.08. The molecule has 0 amide bonds. The lowest BCUT2D eigenvalue weighted by atomic mass is 9.99. The second kappa shape index (κ2) is 3.16. The highest BCUT2D eigenvalue weighted by molar-refractivity contribution is 14.1. The predicted octanol–water partition coefficient (Wildman–Crippen LogP) is 1.04. The van der Waals surface area contributed by atoms with Crippen molar-refractivity contribution >= 4 is 22.9 Å². The van der Waals surface area contributed by atoms with E-state index in [1.165, 1.54) is 0 Å². The van der Waals surface area contributed by atoms with E-state index in [9.17, 15) is 5.11 Å². The molecular weight excluding hydrogens is 229 g/mol. The topological polar surface area (TPSA) is 23.5 Å². The molecule has 0 spiro atoms. The average Bonchev–Trinajstić information content (AvgIpc) is 1.80. The highest BCUT2D eigenvalue weighted by atomic mass is 127. The lowest BCUT2D eigenvalue weighted by molar-refractivity contribution is 0.0705. The maximum Gasteiger partial charge on any atom is 0.0590 e. The number of halogens is 1. The minimum Gasteiger partial charge on any atom is -0.393 e. The third-order valence-electron chi connectivity index (χ3n) is 1.81. The first kappa shape index (κ1) is 7.75. The van der Waals surface area contributed by atoms with E-state index in [2.05, 4.69) is 32.9 Å². The Labute approximate surface area is 69.7 Å². The Hall–Kier alpha value is 0.650. The summed E-state index contributed by atoms with van der Waals surface area (Å²) in [5.41, 5.74) is 0. The first-order chi connectivity index (χ1) is 4.20. The number of hydrogen-bond acceptors (Lipinski definition) is 2. The Morgan fingerprint density at radius 3 is 2.78 bits per heavy atom. The summed E-state index contributed by atoms with van der Waals surface area (Å²) < 4.78 is 2.23. The number of nitrogens with zero attached hydrogens (tertiary/aromatic N) is 1. The van der Waals surface area contributed by atoms with Crippen LogP contribution in [0.15, 0.2) is 0 Å². The summed E-state index contributed by atoms with van der Waals surface area (Å²) in [6.45, 7) is 4.16. The molecule has 2 nitrogen and oxygen atoms in total. The number of hydrogen-bond donors (Lipinski definition) is 1. The van der Waals surface area contributed by atoms with Gasteiger partial charge in [-0.05, 0) is 12.3 Å². The lowest BCUT2D eigenvalue weighted by Crippen LogP contribution is -2.36. The Morgan fingerprint density at radius 2 is 2.33 bits per heavy atom. The molecule has 9 heavy (non-hydrogen) atoms. The molecule has 54 valence electrons. The Bertz CT molecular complexity index is 99.1. The Morgan fingerprint density at radius 1 is 1.67 bits per heavy atom. The summed E-state index contributed by atoms with van der Waals surface area (Å²) in [5.74, 6) is 0.454. The van der Waals surface area contributed by atoms with Gasteiger partial charge in [-0.1, -0.05) is 6.92 Å². The zero-order valence-electron chi connectivity index (χ0n) is 5.55. The first-order valence-electron chi connectivity index (χ1n) is 3.29. The van der Waals surface area contributed by atoms with Crippen LogP contribution >= 0.6 is 22.9 Å². The van der Waals surface area contributed by atoms with E-state index in [-0.39, 0.29) is 6.10 Å². The van der Waals surface area contributed by atoms with Gasteiger partial charge in [0, 0.05) is 36.0 Å². The normalized spacial score (nSPS) is 39.0. The monoisotopic (exact) mass is 241 g/mol. The van der Waals surface area contributed by atoms with Gasteiger partial charge in [0.25, 0.3) is 0 Å². The molecule has 0 radical (unpaired) electrons. The van der Waals surface area contributed by atoms with Crippen molar-refractivity contribution < 1.29 is 5.11 Å². The molecule has 1 fully saturated rings. The standard InChI is InChI=1S/C6H12INO/c1-5-4-8(7)3-2-6(5)9/h5-6,9H,2-4H2,1H3. The summed E-state index contributed by atoms with van der Waals surface area (Å²) in [6, 6.07) is 0. The molecule has 0 aromatic rings. The van der Waals surface area contributed by atoms with E-state index in [0.29, 0.717) is 5.92 Å². The molecule has 0 aliphatic carbocycles. The number of aliphatic hydroxyl groups excluding tert-OH is 1. The van der Waals surface area contributed by atoms with Gasteiger partial charge in [0.1, 0.15) is 0 Å². The van der Waals surface area contributed by atoms with Crippen LogP contribution in [0, 0.1) is 5.92 Å². The zero-order valence-corrected chi connectivity index (χ0v) is 7.71. The van der Waals surface area contributed by atoms with E-state index in [1.807, 2.05) is 0 Å². The van der Waals surface area contributed by atoms with Gasteiger partial charge in [-0.15, -0.1) is 0 Å². The third-order valence-corrected chi connectivity index (χ3v) is 2.69. The van der Waals surface area contributed by atoms with Crippen LogP contribution in [0.4, 0.5) is 0 Å². The maximum absolute atomic E-state index is 9.27. The van der Waals surface area contributed by atoms with Crippen molar-refractivity contribution in [3.05, 3.63) is 0 Å². The molecule has 3 heteroatoms. The first-order valence-corrected chi connectivity index (χ1v) is 4.25. The van der Waals surface area contributed by atoms with E-state index < -0.39 is 0 Å². The highest BCUT2D eigenvalue weighted by Gasteiger charge is 2.22. The molecule has 1 saturated heterocycles. The minimum absolute atomic E-state index is 0.0592. The van der Waals surface area contributed by atoms with Crippen molar-refractivity contribution in [1.82, 2.24) is 3.11 Å². The fourth-order valence-corrected chi connectivity index (χ4v) is 1.98. The van der Waals surface area contributed by atoms with Crippen LogP contribution in [0.25, 0.3) is 0 Å².